The van der Waals surface area contributed by atoms with E-state index < -0.39 is 0 Å². The molecule has 13 unspecified atom stereocenters. The van der Waals surface area contributed by atoms with Crippen molar-refractivity contribution in [3.05, 3.63) is 0 Å². The molecule has 0 amide bonds. The van der Waals surface area contributed by atoms with E-state index in [0.29, 0.717) is 52.4 Å². The second kappa shape index (κ2) is 47.3. The van der Waals surface area contributed by atoms with E-state index in [9.17, 15) is 0 Å². The second-order valence-electron chi connectivity index (χ2n) is 46.9. The van der Waals surface area contributed by atoms with Gasteiger partial charge < -0.3 is 42.6 Å². The summed E-state index contributed by atoms with van der Waals surface area (Å²) in [5, 5.41) is 0. The normalized spacial score (nSPS) is 43.6. The lowest BCUT2D eigenvalue weighted by molar-refractivity contribution is -0.159. The summed E-state index contributed by atoms with van der Waals surface area (Å²) < 4.78 is 51.9. The van der Waals surface area contributed by atoms with E-state index in [1.54, 1.807) is 32.1 Å². The highest BCUT2D eigenvalue weighted by atomic mass is 16.5. The molecule has 13 atom stereocenters. The summed E-state index contributed by atoms with van der Waals surface area (Å²) in [4.78, 5) is 0. The van der Waals surface area contributed by atoms with Gasteiger partial charge in [0, 0.05) is 72.7 Å². The smallest absolute Gasteiger partial charge is 0.0690 e. The standard InChI is InChI=1S/C14H26O.2C13H22O.C13H26O.2C12H20O.C12H24O.C11H20O.C9H16O/c1-2-15-14-10-6-9-13(11-14)12-7-4-3-5-8-12;1-2-14-9-13-6-10-3-11(7-13)5-12(4-10)8-13;1-2-14-8-13-11-4-9-3-10(6-11)7-12(13)5-9;1-6-14-11-9-7-8-10-13(11,5)12(2,3)4;1-2-13-12-6-9-3-10(7-12)5-11(4-9)8-12;1-2-13-12-10-4-8-3-9(6-10)7-11(12)5-8;1-5-13-12-8-10(4)6-7-11(12)9(2)3;1-2-12-6-5-11-8-9-3-4-10(11)7-9;1-2-10-9-6-7-3-4-8(9)5-7/h12-14H,2-11H2,1H3;10-12H,2-9H2,1H3;9-13H,2-8H2,1H3;11H,6-10H2,1-5H3;9-11H,2-8H2,1H3;8-12H,2-7H2,1H3;9-12H,5-8H2,1-4H3;9-11H,2-8H2,1H3;7-9H,2-6H2,1H3. The van der Waals surface area contributed by atoms with Crippen LogP contribution >= 0.6 is 0 Å². The van der Waals surface area contributed by atoms with E-state index in [2.05, 4.69) is 111 Å². The third-order valence-corrected chi connectivity index (χ3v) is 37.4. The van der Waals surface area contributed by atoms with Gasteiger partial charge in [0.1, 0.15) is 0 Å². The Balaban J connectivity index is 0.000000122. The van der Waals surface area contributed by atoms with Crippen molar-refractivity contribution >= 4 is 0 Å². The lowest BCUT2D eigenvalue weighted by Gasteiger charge is -2.56. The number of fused-ring (bicyclic) bond motifs is 4. The molecule has 0 aromatic carbocycles. The first-order chi connectivity index (χ1) is 57.1. The summed E-state index contributed by atoms with van der Waals surface area (Å²) in [6.07, 6.45) is 71.4. The lowest BCUT2D eigenvalue weighted by atomic mass is 9.50. The monoisotopic (exact) mass is 1650 g/mol. The first kappa shape index (κ1) is 96.7. The fourth-order valence-corrected chi connectivity index (χ4v) is 32.7. The van der Waals surface area contributed by atoms with Gasteiger partial charge >= 0.3 is 0 Å². The Labute approximate surface area is 730 Å². The van der Waals surface area contributed by atoms with Crippen LogP contribution in [0.25, 0.3) is 0 Å². The molecule has 24 fully saturated rings. The maximum Gasteiger partial charge on any atom is 0.0690 e. The molecular weight excluding hydrogens is 1450 g/mol. The lowest BCUT2D eigenvalue weighted by Crippen LogP contribution is -2.51. The van der Waals surface area contributed by atoms with Gasteiger partial charge in [-0.25, -0.2) is 0 Å². The van der Waals surface area contributed by atoms with E-state index in [1.165, 1.54) is 270 Å². The van der Waals surface area contributed by atoms with Gasteiger partial charge in [-0.05, 0) is 464 Å². The SMILES string of the molecule is CCOC12CC3CC(CC(C3)C1)C2.CCOC1C2CC3CC(C2)CC1C3.CCOC1CC(C)CCC1C(C)C.CCOC1CC2CCC1C2.CCOC1CCCC(C2CCCCC2)C1.CCOC1CCCCC1(C)C(C)(C)C.CCOCC12CC3CC(CC(C3)C1)C2.CCOCC1C2CC3CC(C2)CC1C3.CCOCCC1CC2CCC1C2. The Hall–Kier alpha value is -0.360. The van der Waals surface area contributed by atoms with Crippen LogP contribution in [0.5, 0.6) is 0 Å². The Kier molecular flexibility index (Phi) is 38.7. The molecule has 0 spiro atoms. The quantitative estimate of drug-likeness (QED) is 0.0878. The van der Waals surface area contributed by atoms with Gasteiger partial charge in [-0.2, -0.15) is 0 Å². The predicted octanol–water partition coefficient (Wildman–Crippen LogP) is 28.9. The van der Waals surface area contributed by atoms with Crippen molar-refractivity contribution < 1.29 is 42.6 Å². The highest BCUT2D eigenvalue weighted by Gasteiger charge is 2.55. The van der Waals surface area contributed by atoms with Crippen LogP contribution in [0.2, 0.25) is 0 Å². The Bertz CT molecular complexity index is 2620. The van der Waals surface area contributed by atoms with Crippen LogP contribution in [0.15, 0.2) is 0 Å². The second-order valence-corrected chi connectivity index (χ2v) is 46.9. The molecular formula is C109H196O9. The maximum atomic E-state index is 6.04. The molecule has 0 aromatic heterocycles. The number of ether oxygens (including phenoxy) is 9. The third-order valence-electron chi connectivity index (χ3n) is 37.4. The van der Waals surface area contributed by atoms with E-state index in [1.807, 2.05) is 0 Å². The molecule has 686 valence electrons. The zero-order valence-electron chi connectivity index (χ0n) is 80.7. The highest BCUT2D eigenvalue weighted by molar-refractivity contribution is 5.06. The molecule has 118 heavy (non-hydrogen) atoms. The minimum absolute atomic E-state index is 0.351. The summed E-state index contributed by atoms with van der Waals surface area (Å²) in [5.41, 5.74) is 1.70. The van der Waals surface area contributed by atoms with Crippen molar-refractivity contribution in [3.8, 4) is 0 Å². The van der Waals surface area contributed by atoms with E-state index in [4.69, 9.17) is 42.6 Å². The van der Waals surface area contributed by atoms with Gasteiger partial charge in [-0.15, -0.1) is 0 Å². The van der Waals surface area contributed by atoms with E-state index in [-0.39, 0.29) is 0 Å². The van der Waals surface area contributed by atoms with Gasteiger partial charge in [-0.1, -0.05) is 113 Å². The average molecular weight is 1650 g/mol. The van der Waals surface area contributed by atoms with Crippen molar-refractivity contribution in [3.63, 3.8) is 0 Å². The summed E-state index contributed by atoms with van der Waals surface area (Å²) in [7, 11) is 0. The van der Waals surface area contributed by atoms with Crippen LogP contribution in [0.1, 0.15) is 413 Å². The fourth-order valence-electron chi connectivity index (χ4n) is 32.7. The number of rotatable bonds is 24. The molecule has 24 saturated carbocycles. The summed E-state index contributed by atoms with van der Waals surface area (Å²) in [6, 6.07) is 0. The Morgan fingerprint density at radius 1 is 0.347 bits per heavy atom. The van der Waals surface area contributed by atoms with E-state index >= 15 is 0 Å². The summed E-state index contributed by atoms with van der Waals surface area (Å²) >= 11 is 0. The zero-order chi connectivity index (χ0) is 83.4. The maximum absolute atomic E-state index is 6.04. The molecule has 0 aliphatic heterocycles. The molecule has 9 nitrogen and oxygen atoms in total. The molecule has 24 rings (SSSR count). The minimum Gasteiger partial charge on any atom is -0.382 e. The number of hydrogen-bond acceptors (Lipinski definition) is 9. The number of hydrogen-bond donors (Lipinski definition) is 0. The van der Waals surface area contributed by atoms with Crippen LogP contribution < -0.4 is 0 Å². The molecule has 24 aliphatic carbocycles. The topological polar surface area (TPSA) is 83.1 Å². The first-order valence-corrected chi connectivity index (χ1v) is 53.5. The van der Waals surface area contributed by atoms with Crippen LogP contribution in [-0.2, 0) is 42.6 Å². The van der Waals surface area contributed by atoms with Gasteiger partial charge in [0.2, 0.25) is 0 Å². The van der Waals surface area contributed by atoms with Gasteiger partial charge in [0.25, 0.3) is 0 Å². The van der Waals surface area contributed by atoms with Gasteiger partial charge in [0.05, 0.1) is 42.7 Å². The molecule has 0 heterocycles. The van der Waals surface area contributed by atoms with Crippen LogP contribution in [-0.4, -0.2) is 115 Å². The molecule has 0 aromatic rings. The molecule has 0 saturated heterocycles. The van der Waals surface area contributed by atoms with Crippen LogP contribution in [0.4, 0.5) is 0 Å². The zero-order valence-corrected chi connectivity index (χ0v) is 80.7. The van der Waals surface area contributed by atoms with Crippen molar-refractivity contribution in [2.24, 2.45) is 164 Å². The van der Waals surface area contributed by atoms with Gasteiger partial charge in [0.15, 0.2) is 0 Å². The minimum atomic E-state index is 0.351. The molecule has 0 radical (unpaired) electrons. The fraction of sp³-hybridized carbons (Fsp3) is 1.00. The highest BCUT2D eigenvalue weighted by Crippen LogP contribution is 2.62. The molecule has 0 N–H and O–H groups in total. The molecule has 24 aliphatic rings. The van der Waals surface area contributed by atoms with Gasteiger partial charge in [-0.3, -0.25) is 0 Å². The van der Waals surface area contributed by atoms with Crippen LogP contribution in [0, 0.1) is 164 Å². The van der Waals surface area contributed by atoms with Crippen molar-refractivity contribution in [2.75, 3.05) is 79.3 Å². The first-order valence-electron chi connectivity index (χ1n) is 53.5. The Morgan fingerprint density at radius 3 is 1.32 bits per heavy atom. The molecule has 9 heteroatoms. The summed E-state index contributed by atoms with van der Waals surface area (Å²) in [6.45, 7) is 46.8. The van der Waals surface area contributed by atoms with Crippen molar-refractivity contribution in [2.45, 2.75) is 449 Å². The average Bonchev–Trinajstić information content (AvgIpc) is 0.990. The Morgan fingerprint density at radius 2 is 0.839 bits per heavy atom. The largest absolute Gasteiger partial charge is 0.382 e. The van der Waals surface area contributed by atoms with E-state index in [0.717, 1.165) is 227 Å². The van der Waals surface area contributed by atoms with Crippen molar-refractivity contribution in [1.82, 2.24) is 0 Å². The molecule has 20 bridgehead atoms. The van der Waals surface area contributed by atoms with Crippen LogP contribution in [0.3, 0.4) is 0 Å². The van der Waals surface area contributed by atoms with Crippen molar-refractivity contribution in [1.29, 1.82) is 0 Å². The predicted molar refractivity (Wildman–Crippen MR) is 492 cm³/mol. The summed E-state index contributed by atoms with van der Waals surface area (Å²) in [5.74, 6) is 25.2. The third kappa shape index (κ3) is 26.7.